The van der Waals surface area contributed by atoms with E-state index in [-0.39, 0.29) is 25.8 Å². The quantitative estimate of drug-likeness (QED) is 0.656. The second-order valence-corrected chi connectivity index (χ2v) is 5.90. The zero-order valence-electron chi connectivity index (χ0n) is 14.7. The van der Waals surface area contributed by atoms with E-state index in [1.165, 1.54) is 0 Å². The van der Waals surface area contributed by atoms with Gasteiger partial charge in [-0.15, -0.1) is 0 Å². The van der Waals surface area contributed by atoms with E-state index < -0.39 is 11.9 Å². The van der Waals surface area contributed by atoms with E-state index in [1.54, 1.807) is 24.4 Å². The van der Waals surface area contributed by atoms with Gasteiger partial charge in [0.1, 0.15) is 6.54 Å². The van der Waals surface area contributed by atoms with Crippen LogP contribution >= 0.6 is 0 Å². The molecule has 4 rings (SSSR count). The summed E-state index contributed by atoms with van der Waals surface area (Å²) in [6.45, 7) is -0.273. The van der Waals surface area contributed by atoms with Gasteiger partial charge in [0.2, 0.25) is 12.7 Å². The average Bonchev–Trinajstić information content (AvgIpc) is 3.40. The minimum atomic E-state index is -0.603. The van der Waals surface area contributed by atoms with Gasteiger partial charge in [0.15, 0.2) is 23.9 Å². The molecule has 0 radical (unpaired) electrons. The number of amides is 1. The molecule has 2 heterocycles. The predicted molar refractivity (Wildman–Crippen MR) is 96.6 cm³/mol. The molecular formula is C20H16N2O6. The highest BCUT2D eigenvalue weighted by Crippen LogP contribution is 2.32. The van der Waals surface area contributed by atoms with E-state index >= 15 is 0 Å². The van der Waals surface area contributed by atoms with Crippen molar-refractivity contribution in [3.8, 4) is 22.8 Å². The standard InChI is InChI=1S/C20H16N2O6/c23-19(10-22-20(24)14-6-7-15-16(8-14)27-12-26-15)25-11-18-21-9-17(28-18)13-4-2-1-3-5-13/h1-9H,10-12H2,(H,22,24). The van der Waals surface area contributed by atoms with Gasteiger partial charge in [-0.1, -0.05) is 30.3 Å². The van der Waals surface area contributed by atoms with Gasteiger partial charge >= 0.3 is 5.97 Å². The molecule has 1 aliphatic heterocycles. The summed E-state index contributed by atoms with van der Waals surface area (Å²) in [5.41, 5.74) is 1.24. The van der Waals surface area contributed by atoms with Crippen LogP contribution < -0.4 is 14.8 Å². The maximum atomic E-state index is 12.1. The maximum Gasteiger partial charge on any atom is 0.325 e. The van der Waals surface area contributed by atoms with Crippen molar-refractivity contribution < 1.29 is 28.2 Å². The van der Waals surface area contributed by atoms with E-state index in [1.807, 2.05) is 30.3 Å². The van der Waals surface area contributed by atoms with Crippen LogP contribution in [0.15, 0.2) is 59.1 Å². The molecule has 0 spiro atoms. The first-order valence-electron chi connectivity index (χ1n) is 8.52. The number of esters is 1. The van der Waals surface area contributed by atoms with Crippen molar-refractivity contribution in [3.63, 3.8) is 0 Å². The fourth-order valence-corrected chi connectivity index (χ4v) is 2.60. The number of hydrogen-bond donors (Lipinski definition) is 1. The van der Waals surface area contributed by atoms with Crippen LogP contribution in [0, 0.1) is 0 Å². The molecule has 28 heavy (non-hydrogen) atoms. The molecule has 8 heteroatoms. The summed E-state index contributed by atoms with van der Waals surface area (Å²) in [4.78, 5) is 28.1. The van der Waals surface area contributed by atoms with Crippen LogP contribution in [0.1, 0.15) is 16.2 Å². The number of carbonyl (C=O) groups is 2. The lowest BCUT2D eigenvalue weighted by Crippen LogP contribution is -2.30. The summed E-state index contributed by atoms with van der Waals surface area (Å²) in [6, 6.07) is 14.3. The van der Waals surface area contributed by atoms with E-state index in [2.05, 4.69) is 10.3 Å². The smallest absolute Gasteiger partial charge is 0.325 e. The molecule has 1 aliphatic rings. The highest BCUT2D eigenvalue weighted by atomic mass is 16.7. The molecule has 0 fully saturated rings. The third-order valence-electron chi connectivity index (χ3n) is 4.00. The third kappa shape index (κ3) is 3.96. The third-order valence-corrected chi connectivity index (χ3v) is 4.00. The molecule has 0 bridgehead atoms. The molecule has 3 aromatic rings. The van der Waals surface area contributed by atoms with Crippen molar-refractivity contribution in [2.45, 2.75) is 6.61 Å². The zero-order chi connectivity index (χ0) is 19.3. The summed E-state index contributed by atoms with van der Waals surface area (Å²) in [7, 11) is 0. The topological polar surface area (TPSA) is 99.9 Å². The van der Waals surface area contributed by atoms with Crippen molar-refractivity contribution in [2.24, 2.45) is 0 Å². The molecule has 0 unspecified atom stereocenters. The molecule has 0 aliphatic carbocycles. The molecule has 0 saturated heterocycles. The maximum absolute atomic E-state index is 12.1. The minimum Gasteiger partial charge on any atom is -0.454 e. The predicted octanol–water partition coefficient (Wildman–Crippen LogP) is 2.54. The molecule has 1 amide bonds. The first-order valence-corrected chi connectivity index (χ1v) is 8.52. The van der Waals surface area contributed by atoms with Crippen molar-refractivity contribution in [1.29, 1.82) is 0 Å². The lowest BCUT2D eigenvalue weighted by atomic mass is 10.2. The van der Waals surface area contributed by atoms with Crippen molar-refractivity contribution in [1.82, 2.24) is 10.3 Å². The van der Waals surface area contributed by atoms with Crippen LogP contribution in [-0.2, 0) is 16.1 Å². The first-order chi connectivity index (χ1) is 13.7. The second-order valence-electron chi connectivity index (χ2n) is 5.90. The van der Waals surface area contributed by atoms with E-state index in [9.17, 15) is 9.59 Å². The van der Waals surface area contributed by atoms with Gasteiger partial charge in [0.05, 0.1) is 6.20 Å². The lowest BCUT2D eigenvalue weighted by Gasteiger charge is -2.06. The number of fused-ring (bicyclic) bond motifs is 1. The van der Waals surface area contributed by atoms with Gasteiger partial charge in [0.25, 0.3) is 5.91 Å². The summed E-state index contributed by atoms with van der Waals surface area (Å²) in [5, 5.41) is 2.50. The second kappa shape index (κ2) is 7.83. The molecule has 0 atom stereocenters. The Kier molecular flexibility index (Phi) is 4.92. The van der Waals surface area contributed by atoms with Crippen molar-refractivity contribution >= 4 is 11.9 Å². The van der Waals surface area contributed by atoms with Gasteiger partial charge < -0.3 is 23.9 Å². The fraction of sp³-hybridized carbons (Fsp3) is 0.150. The van der Waals surface area contributed by atoms with Gasteiger partial charge in [-0.2, -0.15) is 0 Å². The summed E-state index contributed by atoms with van der Waals surface area (Å²) in [5.74, 6) is 0.911. The number of rotatable bonds is 6. The number of aromatic nitrogens is 1. The van der Waals surface area contributed by atoms with Crippen LogP contribution in [0.25, 0.3) is 11.3 Å². The largest absolute Gasteiger partial charge is 0.454 e. The molecular weight excluding hydrogens is 364 g/mol. The summed E-state index contributed by atoms with van der Waals surface area (Å²) in [6.07, 6.45) is 1.57. The van der Waals surface area contributed by atoms with E-state index in [0.717, 1.165) is 5.56 Å². The van der Waals surface area contributed by atoms with Gasteiger partial charge in [-0.3, -0.25) is 9.59 Å². The first kappa shape index (κ1) is 17.6. The fourth-order valence-electron chi connectivity index (χ4n) is 2.60. The Morgan fingerprint density at radius 2 is 1.89 bits per heavy atom. The molecule has 1 N–H and O–H groups in total. The monoisotopic (exact) mass is 380 g/mol. The summed E-state index contributed by atoms with van der Waals surface area (Å²) < 4.78 is 21.1. The lowest BCUT2D eigenvalue weighted by molar-refractivity contribution is -0.144. The van der Waals surface area contributed by atoms with E-state index in [0.29, 0.717) is 22.8 Å². The Balaban J connectivity index is 1.26. The highest BCUT2D eigenvalue weighted by molar-refractivity contribution is 5.96. The van der Waals surface area contributed by atoms with Gasteiger partial charge in [-0.05, 0) is 18.2 Å². The SMILES string of the molecule is O=C(CNC(=O)c1ccc2c(c1)OCO2)OCc1ncc(-c2ccccc2)o1. The number of hydrogen-bond acceptors (Lipinski definition) is 7. The number of oxazole rings is 1. The number of nitrogens with zero attached hydrogens (tertiary/aromatic N) is 1. The average molecular weight is 380 g/mol. The van der Waals surface area contributed by atoms with Crippen LogP contribution in [0.5, 0.6) is 11.5 Å². The van der Waals surface area contributed by atoms with Crippen LogP contribution in [0.2, 0.25) is 0 Å². The van der Waals surface area contributed by atoms with Gasteiger partial charge in [0, 0.05) is 11.1 Å². The van der Waals surface area contributed by atoms with Crippen LogP contribution in [0.4, 0.5) is 0 Å². The zero-order valence-corrected chi connectivity index (χ0v) is 14.7. The number of carbonyl (C=O) groups excluding carboxylic acids is 2. The molecule has 0 saturated carbocycles. The Morgan fingerprint density at radius 3 is 2.75 bits per heavy atom. The van der Waals surface area contributed by atoms with Crippen molar-refractivity contribution in [3.05, 3.63) is 66.2 Å². The number of ether oxygens (including phenoxy) is 3. The Labute approximate surface area is 160 Å². The van der Waals surface area contributed by atoms with Crippen molar-refractivity contribution in [2.75, 3.05) is 13.3 Å². The van der Waals surface area contributed by atoms with Crippen LogP contribution in [-0.4, -0.2) is 30.2 Å². The molecule has 8 nitrogen and oxygen atoms in total. The Morgan fingerprint density at radius 1 is 1.07 bits per heavy atom. The molecule has 2 aromatic carbocycles. The number of benzene rings is 2. The Hall–Kier alpha value is -3.81. The van der Waals surface area contributed by atoms with Gasteiger partial charge in [-0.25, -0.2) is 4.98 Å². The van der Waals surface area contributed by atoms with Crippen LogP contribution in [0.3, 0.4) is 0 Å². The highest BCUT2D eigenvalue weighted by Gasteiger charge is 2.17. The minimum absolute atomic E-state index is 0.119. The molecule has 1 aromatic heterocycles. The Bertz CT molecular complexity index is 999. The molecule has 142 valence electrons. The normalized spacial score (nSPS) is 11.9. The number of nitrogens with one attached hydrogen (secondary N) is 1. The van der Waals surface area contributed by atoms with E-state index in [4.69, 9.17) is 18.6 Å². The summed E-state index contributed by atoms with van der Waals surface area (Å²) >= 11 is 0.